The molecule has 8 nitrogen and oxygen atoms in total. The number of hydrogen-bond donors (Lipinski definition) is 2. The van der Waals surface area contributed by atoms with Crippen molar-refractivity contribution in [3.63, 3.8) is 0 Å². The van der Waals surface area contributed by atoms with E-state index >= 15 is 0 Å². The van der Waals surface area contributed by atoms with Crippen molar-refractivity contribution in [2.45, 2.75) is 50.2 Å². The number of hydrogen-bond acceptors (Lipinski definition) is 5. The van der Waals surface area contributed by atoms with Crippen LogP contribution in [0.3, 0.4) is 0 Å². The van der Waals surface area contributed by atoms with Crippen LogP contribution in [0.5, 0.6) is 0 Å². The number of nitrogens with one attached hydrogen (secondary N) is 1. The van der Waals surface area contributed by atoms with Crippen molar-refractivity contribution in [3.05, 3.63) is 95.6 Å². The van der Waals surface area contributed by atoms with E-state index in [1.807, 2.05) is 66.5 Å². The maximum absolute atomic E-state index is 14.0. The molecule has 3 aliphatic rings. The first-order valence-electron chi connectivity index (χ1n) is 14.8. The molecule has 0 radical (unpaired) electrons. The zero-order chi connectivity index (χ0) is 29.3. The molecule has 2 amide bonds. The molecule has 6 rings (SSSR count). The Labute approximate surface area is 246 Å². The third kappa shape index (κ3) is 5.15. The van der Waals surface area contributed by atoms with Gasteiger partial charge in [0.2, 0.25) is 5.91 Å². The van der Waals surface area contributed by atoms with Crippen LogP contribution in [0.1, 0.15) is 48.3 Å². The van der Waals surface area contributed by atoms with E-state index in [2.05, 4.69) is 29.6 Å². The lowest BCUT2D eigenvalue weighted by molar-refractivity contribution is -0.150. The minimum atomic E-state index is -0.889. The number of carboxylic acid groups (broad SMARTS) is 1. The summed E-state index contributed by atoms with van der Waals surface area (Å²) in [5, 5.41) is 12.9. The Hall–Kier alpha value is -4.17. The molecule has 1 saturated carbocycles. The minimum Gasteiger partial charge on any atom is -0.481 e. The predicted molar refractivity (Wildman–Crippen MR) is 159 cm³/mol. The summed E-state index contributed by atoms with van der Waals surface area (Å²) in [5.74, 6) is -1.17. The number of likely N-dealkylation sites (N-methyl/N-ethyl adjacent to an activating group) is 1. The van der Waals surface area contributed by atoms with Crippen molar-refractivity contribution in [2.24, 2.45) is 5.41 Å². The number of fused-ring (bicyclic) bond motifs is 4. The highest BCUT2D eigenvalue weighted by atomic mass is 16.5. The third-order valence-corrected chi connectivity index (χ3v) is 9.35. The topological polar surface area (TPSA) is 99.2 Å². The number of carbonyl (C=O) groups is 3. The van der Waals surface area contributed by atoms with Crippen LogP contribution in [0.15, 0.2) is 78.9 Å². The van der Waals surface area contributed by atoms with E-state index in [-0.39, 0.29) is 31.0 Å². The van der Waals surface area contributed by atoms with Gasteiger partial charge in [-0.05, 0) is 54.1 Å². The van der Waals surface area contributed by atoms with Gasteiger partial charge in [0.25, 0.3) is 0 Å². The van der Waals surface area contributed by atoms with Gasteiger partial charge in [-0.15, -0.1) is 0 Å². The number of amides is 2. The van der Waals surface area contributed by atoms with Crippen molar-refractivity contribution in [1.29, 1.82) is 0 Å². The fourth-order valence-electron chi connectivity index (χ4n) is 7.33. The van der Waals surface area contributed by atoms with Crippen molar-refractivity contribution >= 4 is 18.0 Å². The first kappa shape index (κ1) is 28.0. The van der Waals surface area contributed by atoms with Gasteiger partial charge in [0.15, 0.2) is 0 Å². The second-order valence-corrected chi connectivity index (χ2v) is 11.9. The summed E-state index contributed by atoms with van der Waals surface area (Å²) in [7, 11) is 1.91. The average Bonchev–Trinajstić information content (AvgIpc) is 3.67. The quantitative estimate of drug-likeness (QED) is 0.382. The Morgan fingerprint density at radius 1 is 0.976 bits per heavy atom. The largest absolute Gasteiger partial charge is 0.481 e. The molecule has 2 N–H and O–H groups in total. The molecule has 0 spiro atoms. The Balaban J connectivity index is 1.18. The number of likely N-dealkylation sites (tertiary alicyclic amines) is 1. The lowest BCUT2D eigenvalue weighted by atomic mass is 9.82. The Morgan fingerprint density at radius 2 is 1.62 bits per heavy atom. The van der Waals surface area contributed by atoms with Crippen LogP contribution in [0, 0.1) is 5.41 Å². The van der Waals surface area contributed by atoms with E-state index in [4.69, 9.17) is 4.74 Å². The van der Waals surface area contributed by atoms with E-state index in [9.17, 15) is 19.5 Å². The summed E-state index contributed by atoms with van der Waals surface area (Å²) in [6.45, 7) is 1.39. The number of alkyl carbamates (subject to hydrolysis) is 1. The average molecular weight is 568 g/mol. The van der Waals surface area contributed by atoms with Gasteiger partial charge in [0, 0.05) is 31.6 Å². The molecule has 1 saturated heterocycles. The molecule has 3 unspecified atom stereocenters. The molecule has 2 fully saturated rings. The Bertz CT molecular complexity index is 1430. The SMILES string of the molecule is CN(Cc1ccccc1)CC(NC(=O)OCC1c2ccccc2-c2ccccc21)C(=O)N1CCC2(C(=O)O)CCCC12. The first-order chi connectivity index (χ1) is 20.4. The highest BCUT2D eigenvalue weighted by Crippen LogP contribution is 2.49. The first-order valence-corrected chi connectivity index (χ1v) is 14.8. The standard InChI is InChI=1S/C34H37N3O5/c1-36(20-23-10-3-2-4-11-23)21-29(31(38)37-19-18-34(32(39)40)17-9-16-30(34)37)35-33(41)42-22-28-26-14-7-5-12-24(26)25-13-6-8-15-27(25)28/h2-8,10-15,28-30H,9,16-22H2,1H3,(H,35,41)(H,39,40). The summed E-state index contributed by atoms with van der Waals surface area (Å²) in [6.07, 6.45) is 1.80. The number of rotatable bonds is 9. The van der Waals surface area contributed by atoms with Crippen LogP contribution < -0.4 is 5.32 Å². The van der Waals surface area contributed by atoms with Crippen LogP contribution in [0.25, 0.3) is 11.1 Å². The van der Waals surface area contributed by atoms with E-state index in [0.717, 1.165) is 34.2 Å². The van der Waals surface area contributed by atoms with Gasteiger partial charge in [0.1, 0.15) is 12.6 Å². The van der Waals surface area contributed by atoms with E-state index < -0.39 is 23.5 Å². The van der Waals surface area contributed by atoms with E-state index in [0.29, 0.717) is 32.4 Å². The maximum Gasteiger partial charge on any atom is 0.407 e. The molecule has 0 aromatic heterocycles. The van der Waals surface area contributed by atoms with Gasteiger partial charge in [0.05, 0.1) is 5.41 Å². The van der Waals surface area contributed by atoms with Crippen molar-refractivity contribution in [1.82, 2.24) is 15.1 Å². The molecule has 1 heterocycles. The van der Waals surface area contributed by atoms with Gasteiger partial charge in [-0.3, -0.25) is 14.5 Å². The third-order valence-electron chi connectivity index (χ3n) is 9.35. The van der Waals surface area contributed by atoms with Crippen LogP contribution in [0.2, 0.25) is 0 Å². The fraction of sp³-hybridized carbons (Fsp3) is 0.382. The van der Waals surface area contributed by atoms with Crippen molar-refractivity contribution in [3.8, 4) is 11.1 Å². The number of aliphatic carboxylic acids is 1. The molecule has 3 aromatic rings. The minimum absolute atomic E-state index is 0.0914. The molecule has 0 bridgehead atoms. The number of carbonyl (C=O) groups excluding carboxylic acids is 2. The lowest BCUT2D eigenvalue weighted by Crippen LogP contribution is -2.55. The van der Waals surface area contributed by atoms with Gasteiger partial charge in [-0.1, -0.05) is 85.3 Å². The molecular weight excluding hydrogens is 530 g/mol. The zero-order valence-electron chi connectivity index (χ0n) is 23.9. The molecule has 1 aliphatic heterocycles. The number of carboxylic acids is 1. The van der Waals surface area contributed by atoms with Gasteiger partial charge < -0.3 is 20.1 Å². The molecular formula is C34H37N3O5. The van der Waals surface area contributed by atoms with Crippen LogP contribution >= 0.6 is 0 Å². The molecule has 218 valence electrons. The number of nitrogens with zero attached hydrogens (tertiary/aromatic N) is 2. The molecule has 2 aliphatic carbocycles. The van der Waals surface area contributed by atoms with Crippen molar-refractivity contribution < 1.29 is 24.2 Å². The second-order valence-electron chi connectivity index (χ2n) is 11.9. The molecule has 42 heavy (non-hydrogen) atoms. The Morgan fingerprint density at radius 3 is 2.29 bits per heavy atom. The molecule has 8 heteroatoms. The summed E-state index contributed by atoms with van der Waals surface area (Å²) in [4.78, 5) is 43.2. The van der Waals surface area contributed by atoms with Gasteiger partial charge in [-0.2, -0.15) is 0 Å². The zero-order valence-corrected chi connectivity index (χ0v) is 23.9. The Kier molecular flexibility index (Phi) is 7.73. The molecule has 3 aromatic carbocycles. The predicted octanol–water partition coefficient (Wildman–Crippen LogP) is 4.88. The normalized spacial score (nSPS) is 21.5. The van der Waals surface area contributed by atoms with E-state index in [1.54, 1.807) is 4.90 Å². The summed E-state index contributed by atoms with van der Waals surface area (Å²) < 4.78 is 5.79. The smallest absolute Gasteiger partial charge is 0.407 e. The van der Waals surface area contributed by atoms with Crippen molar-refractivity contribution in [2.75, 3.05) is 26.7 Å². The lowest BCUT2D eigenvalue weighted by Gasteiger charge is -2.33. The van der Waals surface area contributed by atoms with Crippen LogP contribution in [-0.4, -0.2) is 71.7 Å². The molecule has 3 atom stereocenters. The van der Waals surface area contributed by atoms with Crippen LogP contribution in [-0.2, 0) is 20.9 Å². The number of benzene rings is 3. The number of ether oxygens (including phenoxy) is 1. The second kappa shape index (κ2) is 11.6. The summed E-state index contributed by atoms with van der Waals surface area (Å²) in [6, 6.07) is 25.0. The van der Waals surface area contributed by atoms with Gasteiger partial charge in [-0.25, -0.2) is 4.79 Å². The van der Waals surface area contributed by atoms with Gasteiger partial charge >= 0.3 is 12.1 Å². The highest BCUT2D eigenvalue weighted by molar-refractivity contribution is 5.88. The maximum atomic E-state index is 14.0. The fourth-order valence-corrected chi connectivity index (χ4v) is 7.33. The van der Waals surface area contributed by atoms with E-state index in [1.165, 1.54) is 0 Å². The highest BCUT2D eigenvalue weighted by Gasteiger charge is 2.57. The summed E-state index contributed by atoms with van der Waals surface area (Å²) >= 11 is 0. The van der Waals surface area contributed by atoms with Crippen LogP contribution in [0.4, 0.5) is 4.79 Å². The monoisotopic (exact) mass is 567 g/mol. The summed E-state index contributed by atoms with van der Waals surface area (Å²) in [5.41, 5.74) is 4.72.